The van der Waals surface area contributed by atoms with E-state index in [9.17, 15) is 24.5 Å². The lowest BCUT2D eigenvalue weighted by atomic mass is 9.75. The second-order valence-electron chi connectivity index (χ2n) is 5.22. The number of nitro groups is 1. The van der Waals surface area contributed by atoms with Crippen LogP contribution in [0.4, 0.5) is 5.69 Å². The average molecular weight is 349 g/mol. The standard InChI is InChI=1S/C17H19NO7/c1-4-5-12(10-19)14(15(16(20)24-2)17(21)25-3)11-6-8-13(9-7-11)18(22)23/h4,6-10,12,14-15H,1,5H2,2-3H3/t12-,14+/m0/s1. The van der Waals surface area contributed by atoms with Gasteiger partial charge in [0, 0.05) is 24.0 Å². The number of benzene rings is 1. The number of nitro benzene ring substituents is 1. The summed E-state index contributed by atoms with van der Waals surface area (Å²) in [6, 6.07) is 5.29. The number of rotatable bonds is 9. The fourth-order valence-electron chi connectivity index (χ4n) is 2.63. The summed E-state index contributed by atoms with van der Waals surface area (Å²) in [5.41, 5.74) is 0.256. The predicted molar refractivity (Wildman–Crippen MR) is 87.7 cm³/mol. The van der Waals surface area contributed by atoms with Crippen LogP contribution in [0, 0.1) is 22.0 Å². The third-order valence-corrected chi connectivity index (χ3v) is 3.83. The Labute approximate surface area is 144 Å². The lowest BCUT2D eigenvalue weighted by Gasteiger charge is -2.27. The van der Waals surface area contributed by atoms with Crippen molar-refractivity contribution in [3.8, 4) is 0 Å². The minimum Gasteiger partial charge on any atom is -0.468 e. The van der Waals surface area contributed by atoms with Crippen LogP contribution in [0.25, 0.3) is 0 Å². The molecule has 0 aliphatic rings. The van der Waals surface area contributed by atoms with Crippen LogP contribution in [0.1, 0.15) is 17.9 Å². The Bertz CT molecular complexity index is 637. The highest BCUT2D eigenvalue weighted by atomic mass is 16.6. The van der Waals surface area contributed by atoms with Gasteiger partial charge in [-0.05, 0) is 12.0 Å². The molecule has 2 atom stereocenters. The summed E-state index contributed by atoms with van der Waals surface area (Å²) in [6.45, 7) is 3.57. The quantitative estimate of drug-likeness (QED) is 0.167. The van der Waals surface area contributed by atoms with E-state index in [0.29, 0.717) is 11.8 Å². The summed E-state index contributed by atoms with van der Waals surface area (Å²) in [5.74, 6) is -4.76. The first-order valence-corrected chi connectivity index (χ1v) is 7.37. The van der Waals surface area contributed by atoms with E-state index in [1.54, 1.807) is 0 Å². The number of carbonyl (C=O) groups excluding carboxylic acids is 3. The molecule has 0 bridgehead atoms. The molecule has 0 spiro atoms. The number of carbonyl (C=O) groups is 3. The molecule has 1 aromatic rings. The smallest absolute Gasteiger partial charge is 0.320 e. The highest BCUT2D eigenvalue weighted by molar-refractivity contribution is 5.96. The molecule has 134 valence electrons. The van der Waals surface area contributed by atoms with Crippen molar-refractivity contribution < 1.29 is 28.8 Å². The van der Waals surface area contributed by atoms with Gasteiger partial charge in [-0.15, -0.1) is 6.58 Å². The molecule has 25 heavy (non-hydrogen) atoms. The number of allylic oxidation sites excluding steroid dienone is 1. The minimum absolute atomic E-state index is 0.151. The molecule has 0 aliphatic heterocycles. The van der Waals surface area contributed by atoms with Crippen LogP contribution in [0.3, 0.4) is 0 Å². The normalized spacial score (nSPS) is 12.8. The Morgan fingerprint density at radius 2 is 1.72 bits per heavy atom. The van der Waals surface area contributed by atoms with Crippen molar-refractivity contribution in [3.63, 3.8) is 0 Å². The van der Waals surface area contributed by atoms with Gasteiger partial charge >= 0.3 is 11.9 Å². The average Bonchev–Trinajstić information content (AvgIpc) is 2.63. The van der Waals surface area contributed by atoms with Gasteiger partial charge in [-0.3, -0.25) is 19.7 Å². The third-order valence-electron chi connectivity index (χ3n) is 3.83. The summed E-state index contributed by atoms with van der Waals surface area (Å²) in [7, 11) is 2.24. The molecule has 1 aromatic carbocycles. The maximum atomic E-state index is 12.2. The SMILES string of the molecule is C=CC[C@@H](C=O)[C@@H](c1ccc([N+](=O)[O-])cc1)C(C(=O)OC)C(=O)OC. The Hall–Kier alpha value is -3.03. The van der Waals surface area contributed by atoms with Crippen molar-refractivity contribution in [1.82, 2.24) is 0 Å². The molecule has 0 saturated heterocycles. The van der Waals surface area contributed by atoms with Crippen molar-refractivity contribution in [2.24, 2.45) is 11.8 Å². The minimum atomic E-state index is -1.38. The number of aldehydes is 1. The lowest BCUT2D eigenvalue weighted by molar-refractivity contribution is -0.384. The molecule has 8 heteroatoms. The zero-order valence-electron chi connectivity index (χ0n) is 13.9. The number of non-ortho nitro benzene ring substituents is 1. The van der Waals surface area contributed by atoms with Crippen molar-refractivity contribution in [1.29, 1.82) is 0 Å². The van der Waals surface area contributed by atoms with E-state index in [1.807, 2.05) is 0 Å². The topological polar surface area (TPSA) is 113 Å². The maximum Gasteiger partial charge on any atom is 0.320 e. The monoisotopic (exact) mass is 349 g/mol. The van der Waals surface area contributed by atoms with Gasteiger partial charge < -0.3 is 14.3 Å². The summed E-state index contributed by atoms with van der Waals surface area (Å²) in [4.78, 5) is 46.1. The summed E-state index contributed by atoms with van der Waals surface area (Å²) in [5, 5.41) is 10.8. The molecule has 0 aromatic heterocycles. The zero-order chi connectivity index (χ0) is 19.0. The van der Waals surface area contributed by atoms with Crippen LogP contribution in [-0.4, -0.2) is 37.4 Å². The van der Waals surface area contributed by atoms with Crippen LogP contribution in [0.5, 0.6) is 0 Å². The van der Waals surface area contributed by atoms with Gasteiger partial charge in [-0.2, -0.15) is 0 Å². The van der Waals surface area contributed by atoms with Crippen molar-refractivity contribution in [2.75, 3.05) is 14.2 Å². The summed E-state index contributed by atoms with van der Waals surface area (Å²) >= 11 is 0. The molecule has 0 aliphatic carbocycles. The fraction of sp³-hybridized carbons (Fsp3) is 0.353. The molecule has 0 saturated carbocycles. The molecule has 1 rings (SSSR count). The number of nitrogens with zero attached hydrogens (tertiary/aromatic N) is 1. The van der Waals surface area contributed by atoms with Gasteiger partial charge in [0.1, 0.15) is 6.29 Å². The summed E-state index contributed by atoms with van der Waals surface area (Å²) < 4.78 is 9.37. The maximum absolute atomic E-state index is 12.2. The predicted octanol–water partition coefficient (Wildman–Crippen LogP) is 2.03. The van der Waals surface area contributed by atoms with Gasteiger partial charge in [0.2, 0.25) is 0 Å². The second kappa shape index (κ2) is 9.31. The first kappa shape index (κ1) is 20.0. The molecule has 8 nitrogen and oxygen atoms in total. The van der Waals surface area contributed by atoms with E-state index < -0.39 is 34.6 Å². The second-order valence-corrected chi connectivity index (χ2v) is 5.22. The van der Waals surface area contributed by atoms with Gasteiger partial charge in [0.15, 0.2) is 5.92 Å². The van der Waals surface area contributed by atoms with Crippen LogP contribution in [-0.2, 0) is 23.9 Å². The van der Waals surface area contributed by atoms with E-state index in [-0.39, 0.29) is 12.1 Å². The molecule has 0 fully saturated rings. The molecule has 0 amide bonds. The van der Waals surface area contributed by atoms with Crippen molar-refractivity contribution in [2.45, 2.75) is 12.3 Å². The van der Waals surface area contributed by atoms with Crippen molar-refractivity contribution >= 4 is 23.9 Å². The molecule has 0 heterocycles. The Balaban J connectivity index is 3.47. The molecular formula is C17H19NO7. The molecule has 0 radical (unpaired) electrons. The van der Waals surface area contributed by atoms with E-state index >= 15 is 0 Å². The zero-order valence-corrected chi connectivity index (χ0v) is 13.9. The Morgan fingerprint density at radius 3 is 2.08 bits per heavy atom. The van der Waals surface area contributed by atoms with Gasteiger partial charge in [0.25, 0.3) is 5.69 Å². The molecule has 0 N–H and O–H groups in total. The number of hydrogen-bond donors (Lipinski definition) is 0. The third kappa shape index (κ3) is 4.72. The number of hydrogen-bond acceptors (Lipinski definition) is 7. The van der Waals surface area contributed by atoms with E-state index in [1.165, 1.54) is 30.3 Å². The van der Waals surface area contributed by atoms with E-state index in [4.69, 9.17) is 0 Å². The number of methoxy groups -OCH3 is 2. The Kier molecular flexibility index (Phi) is 7.45. The first-order valence-electron chi connectivity index (χ1n) is 7.37. The van der Waals surface area contributed by atoms with Crippen LogP contribution in [0.2, 0.25) is 0 Å². The van der Waals surface area contributed by atoms with Crippen molar-refractivity contribution in [3.05, 3.63) is 52.6 Å². The van der Waals surface area contributed by atoms with Gasteiger partial charge in [-0.1, -0.05) is 18.2 Å². The van der Waals surface area contributed by atoms with Crippen LogP contribution < -0.4 is 0 Å². The Morgan fingerprint density at radius 1 is 1.20 bits per heavy atom. The molecule has 0 unspecified atom stereocenters. The number of ether oxygens (including phenoxy) is 2. The lowest BCUT2D eigenvalue weighted by Crippen LogP contribution is -2.36. The largest absolute Gasteiger partial charge is 0.468 e. The van der Waals surface area contributed by atoms with Crippen LogP contribution in [0.15, 0.2) is 36.9 Å². The van der Waals surface area contributed by atoms with Gasteiger partial charge in [-0.25, -0.2) is 0 Å². The molecular weight excluding hydrogens is 330 g/mol. The highest BCUT2D eigenvalue weighted by Gasteiger charge is 2.41. The van der Waals surface area contributed by atoms with Crippen LogP contribution >= 0.6 is 0 Å². The highest BCUT2D eigenvalue weighted by Crippen LogP contribution is 2.36. The van der Waals surface area contributed by atoms with Gasteiger partial charge in [0.05, 0.1) is 19.1 Å². The van der Waals surface area contributed by atoms with E-state index in [2.05, 4.69) is 16.1 Å². The number of esters is 2. The first-order chi connectivity index (χ1) is 11.9. The fourth-order valence-corrected chi connectivity index (χ4v) is 2.63. The van der Waals surface area contributed by atoms with E-state index in [0.717, 1.165) is 14.2 Å². The summed E-state index contributed by atoms with van der Waals surface area (Å²) in [6.07, 6.45) is 2.31.